The van der Waals surface area contributed by atoms with Gasteiger partial charge in [-0.2, -0.15) is 13.2 Å². The monoisotopic (exact) mass is 432 g/mol. The van der Waals surface area contributed by atoms with Crippen LogP contribution in [0.5, 0.6) is 5.88 Å². The molecule has 31 heavy (non-hydrogen) atoms. The number of benzene rings is 1. The average Bonchev–Trinajstić information content (AvgIpc) is 3.27. The molecule has 0 radical (unpaired) electrons. The van der Waals surface area contributed by atoms with E-state index < -0.39 is 23.5 Å². The largest absolute Gasteiger partial charge is 0.477 e. The Balaban J connectivity index is 1.53. The minimum Gasteiger partial charge on any atom is -0.477 e. The lowest BCUT2D eigenvalue weighted by Crippen LogP contribution is -2.11. The van der Waals surface area contributed by atoms with Crippen molar-refractivity contribution >= 4 is 28.7 Å². The number of H-pyrrole nitrogens is 2. The van der Waals surface area contributed by atoms with Gasteiger partial charge in [0.25, 0.3) is 0 Å². The number of hydrogen-bond acceptors (Lipinski definition) is 4. The molecule has 2 unspecified atom stereocenters. The van der Waals surface area contributed by atoms with Crippen molar-refractivity contribution in [2.75, 3.05) is 11.9 Å². The number of ether oxygens (including phenoxy) is 1. The van der Waals surface area contributed by atoms with Crippen molar-refractivity contribution < 1.29 is 22.7 Å². The van der Waals surface area contributed by atoms with Crippen LogP contribution in [0.1, 0.15) is 24.6 Å². The molecule has 0 saturated heterocycles. The summed E-state index contributed by atoms with van der Waals surface area (Å²) >= 11 is 0. The van der Waals surface area contributed by atoms with Gasteiger partial charge in [0, 0.05) is 11.6 Å². The minimum absolute atomic E-state index is 0.171. The quantitative estimate of drug-likeness (QED) is 0.514. The van der Waals surface area contributed by atoms with Crippen molar-refractivity contribution in [3.8, 4) is 5.88 Å². The summed E-state index contributed by atoms with van der Waals surface area (Å²) in [5, 5.41) is 2.63. The number of carbonyl (C=O) groups is 1. The Hall–Kier alpha value is -3.56. The molecule has 1 aliphatic carbocycles. The van der Waals surface area contributed by atoms with E-state index in [1.54, 1.807) is 18.2 Å². The van der Waals surface area contributed by atoms with Gasteiger partial charge in [-0.05, 0) is 48.6 Å². The normalized spacial score (nSPS) is 18.5. The Kier molecular flexibility index (Phi) is 5.30. The van der Waals surface area contributed by atoms with Crippen molar-refractivity contribution in [1.82, 2.24) is 15.0 Å². The smallest absolute Gasteiger partial charge is 0.433 e. The summed E-state index contributed by atoms with van der Waals surface area (Å²) in [7, 11) is 0. The van der Waals surface area contributed by atoms with Gasteiger partial charge in [-0.3, -0.25) is 4.79 Å². The Morgan fingerprint density at radius 1 is 1.29 bits per heavy atom. The van der Waals surface area contributed by atoms with Crippen LogP contribution in [0.2, 0.25) is 0 Å². The van der Waals surface area contributed by atoms with Gasteiger partial charge >= 0.3 is 11.9 Å². The highest BCUT2D eigenvalue weighted by atomic mass is 19.4. The summed E-state index contributed by atoms with van der Waals surface area (Å²) in [4.78, 5) is 32.6. The molecule has 10 heteroatoms. The van der Waals surface area contributed by atoms with Crippen LogP contribution in [-0.4, -0.2) is 27.5 Å². The average molecular weight is 432 g/mol. The van der Waals surface area contributed by atoms with Crippen molar-refractivity contribution in [3.63, 3.8) is 0 Å². The Morgan fingerprint density at radius 3 is 2.77 bits per heavy atom. The number of carbonyl (C=O) groups excluding carboxylic acids is 1. The number of aromatic amines is 2. The Bertz CT molecular complexity index is 1210. The fraction of sp³-hybridized carbons (Fsp3) is 0.286. The molecule has 7 nitrogen and oxygen atoms in total. The summed E-state index contributed by atoms with van der Waals surface area (Å²) in [5.41, 5.74) is 0.141. The number of imidazole rings is 1. The molecule has 1 amide bonds. The molecule has 3 aromatic rings. The second-order valence-corrected chi connectivity index (χ2v) is 7.50. The van der Waals surface area contributed by atoms with Crippen LogP contribution in [0.25, 0.3) is 17.1 Å². The zero-order chi connectivity index (χ0) is 22.2. The molecular formula is C21H19F3N4O3. The van der Waals surface area contributed by atoms with Crippen LogP contribution in [0.3, 0.4) is 0 Å². The summed E-state index contributed by atoms with van der Waals surface area (Å²) in [5.74, 6) is 0.0601. The van der Waals surface area contributed by atoms with E-state index in [4.69, 9.17) is 4.74 Å². The van der Waals surface area contributed by atoms with Gasteiger partial charge in [-0.1, -0.05) is 13.0 Å². The number of rotatable bonds is 6. The predicted octanol–water partition coefficient (Wildman–Crippen LogP) is 3.96. The highest BCUT2D eigenvalue weighted by Crippen LogP contribution is 2.38. The summed E-state index contributed by atoms with van der Waals surface area (Å²) in [6, 6.07) is 7.01. The van der Waals surface area contributed by atoms with E-state index in [9.17, 15) is 22.8 Å². The summed E-state index contributed by atoms with van der Waals surface area (Å²) < 4.78 is 44.6. The Morgan fingerprint density at radius 2 is 2.06 bits per heavy atom. The van der Waals surface area contributed by atoms with E-state index in [-0.39, 0.29) is 18.1 Å². The van der Waals surface area contributed by atoms with E-state index in [1.165, 1.54) is 18.2 Å². The lowest BCUT2D eigenvalue weighted by Gasteiger charge is -2.12. The number of alkyl halides is 3. The maximum atomic E-state index is 13.0. The number of halogens is 3. The molecule has 1 aromatic carbocycles. The van der Waals surface area contributed by atoms with Crippen LogP contribution >= 0.6 is 0 Å². The second-order valence-electron chi connectivity index (χ2n) is 7.50. The molecule has 2 heterocycles. The third-order valence-electron chi connectivity index (χ3n) is 5.11. The first-order valence-electron chi connectivity index (χ1n) is 9.62. The first-order valence-corrected chi connectivity index (χ1v) is 9.62. The van der Waals surface area contributed by atoms with Crippen molar-refractivity contribution in [3.05, 3.63) is 58.1 Å². The number of aromatic nitrogens is 3. The number of pyridine rings is 1. The number of hydrogen-bond donors (Lipinski definition) is 3. The maximum Gasteiger partial charge on any atom is 0.433 e. The number of para-hydroxylation sites is 1. The summed E-state index contributed by atoms with van der Waals surface area (Å²) in [6.07, 6.45) is -1.13. The molecule has 3 N–H and O–H groups in total. The number of amides is 1. The van der Waals surface area contributed by atoms with E-state index in [2.05, 4.69) is 20.3 Å². The highest BCUT2D eigenvalue weighted by molar-refractivity contribution is 6.06. The van der Waals surface area contributed by atoms with E-state index in [1.807, 2.05) is 6.92 Å². The molecule has 0 bridgehead atoms. The zero-order valence-corrected chi connectivity index (χ0v) is 16.4. The van der Waals surface area contributed by atoms with Crippen LogP contribution in [0, 0.1) is 11.8 Å². The van der Waals surface area contributed by atoms with Gasteiger partial charge in [0.05, 0.1) is 23.3 Å². The number of fused-ring (bicyclic) bond motifs is 1. The molecule has 1 fully saturated rings. The van der Waals surface area contributed by atoms with E-state index >= 15 is 0 Å². The fourth-order valence-corrected chi connectivity index (χ4v) is 3.17. The molecule has 1 saturated carbocycles. The predicted molar refractivity (Wildman–Crippen MR) is 109 cm³/mol. The third-order valence-corrected chi connectivity index (χ3v) is 5.11. The molecule has 2 atom stereocenters. The van der Waals surface area contributed by atoms with Gasteiger partial charge in [0.2, 0.25) is 11.8 Å². The molecule has 0 aliphatic heterocycles. The molecule has 162 valence electrons. The lowest BCUT2D eigenvalue weighted by molar-refractivity contribution is -0.141. The van der Waals surface area contributed by atoms with Crippen LogP contribution in [-0.2, 0) is 11.0 Å². The van der Waals surface area contributed by atoms with Gasteiger partial charge in [-0.25, -0.2) is 9.78 Å². The summed E-state index contributed by atoms with van der Waals surface area (Å²) in [6.45, 7) is 2.31. The van der Waals surface area contributed by atoms with Crippen LogP contribution < -0.4 is 15.7 Å². The van der Waals surface area contributed by atoms with Gasteiger partial charge in [-0.15, -0.1) is 0 Å². The number of anilines is 1. The third kappa shape index (κ3) is 4.79. The van der Waals surface area contributed by atoms with Gasteiger partial charge in [0.15, 0.2) is 0 Å². The fourth-order valence-electron chi connectivity index (χ4n) is 3.17. The van der Waals surface area contributed by atoms with E-state index in [0.717, 1.165) is 12.5 Å². The lowest BCUT2D eigenvalue weighted by atomic mass is 10.2. The molecule has 0 spiro atoms. The number of nitrogens with one attached hydrogen (secondary N) is 3. The van der Waals surface area contributed by atoms with Crippen LogP contribution in [0.15, 0.2) is 41.2 Å². The molecule has 2 aromatic heterocycles. The first kappa shape index (κ1) is 20.7. The topological polar surface area (TPSA) is 99.9 Å². The molecular weight excluding hydrogens is 413 g/mol. The van der Waals surface area contributed by atoms with Gasteiger partial charge < -0.3 is 20.0 Å². The minimum atomic E-state index is -4.60. The van der Waals surface area contributed by atoms with E-state index in [0.29, 0.717) is 28.6 Å². The highest BCUT2D eigenvalue weighted by Gasteiger charge is 2.35. The van der Waals surface area contributed by atoms with Crippen LogP contribution in [0.4, 0.5) is 18.9 Å². The molecule has 1 aliphatic rings. The van der Waals surface area contributed by atoms with Crippen molar-refractivity contribution in [1.29, 1.82) is 0 Å². The first-order chi connectivity index (χ1) is 14.7. The zero-order valence-electron chi connectivity index (χ0n) is 16.4. The second kappa shape index (κ2) is 7.93. The van der Waals surface area contributed by atoms with Crippen molar-refractivity contribution in [2.45, 2.75) is 19.5 Å². The molecule has 4 rings (SSSR count). The Labute approximate surface area is 174 Å². The van der Waals surface area contributed by atoms with Crippen molar-refractivity contribution in [2.24, 2.45) is 11.8 Å². The maximum absolute atomic E-state index is 13.0. The standard InChI is InChI=1S/C21H19F3N4O3/c1-11-9-13(11)10-31-19-12(5-7-16(27-19)21(22,23)24)6-8-17(29)25-14-3-2-4-15-18(14)28-20(30)26-15/h2-8,11,13H,9-10H2,1H3,(H,25,29)(H2,26,28,30)/b8-6+. The number of nitrogens with zero attached hydrogens (tertiary/aromatic N) is 1. The van der Waals surface area contributed by atoms with Gasteiger partial charge in [0.1, 0.15) is 5.69 Å². The SMILES string of the molecule is CC1CC1COc1nc(C(F)(F)F)ccc1/C=C/C(=O)Nc1cccc2[nH]c(=O)[nH]c12.